The van der Waals surface area contributed by atoms with Crippen LogP contribution in [-0.2, 0) is 0 Å². The molecule has 0 saturated carbocycles. The molecule has 0 fully saturated rings. The summed E-state index contributed by atoms with van der Waals surface area (Å²) in [6.45, 7) is 1.65. The molecule has 0 radical (unpaired) electrons. The lowest BCUT2D eigenvalue weighted by atomic mass is 10.1. The molecule has 0 unspecified atom stereocenters. The molecule has 1 N–H and O–H groups in total. The Bertz CT molecular complexity index is 1040. The minimum atomic E-state index is -0.514. The van der Waals surface area contributed by atoms with Gasteiger partial charge in [-0.2, -0.15) is 0 Å². The first-order valence-electron chi connectivity index (χ1n) is 7.76. The van der Waals surface area contributed by atoms with Crippen LogP contribution in [0.15, 0.2) is 59.0 Å². The number of nitro benzene ring substituents is 2. The molecule has 0 aliphatic carbocycles. The summed E-state index contributed by atoms with van der Waals surface area (Å²) in [7, 11) is 0. The van der Waals surface area contributed by atoms with Gasteiger partial charge in [0.2, 0.25) is 0 Å². The highest BCUT2D eigenvalue weighted by Crippen LogP contribution is 2.26. The number of nitro groups is 2. The van der Waals surface area contributed by atoms with Gasteiger partial charge in [-0.1, -0.05) is 0 Å². The molecule has 1 heterocycles. The number of hydrogen-bond donors (Lipinski definition) is 1. The third kappa shape index (κ3) is 3.82. The second-order valence-corrected chi connectivity index (χ2v) is 5.68. The largest absolute Gasteiger partial charge is 0.451 e. The zero-order valence-corrected chi connectivity index (χ0v) is 14.0. The molecule has 3 aromatic rings. The fourth-order valence-corrected chi connectivity index (χ4v) is 2.45. The molecule has 0 atom stereocenters. The molecule has 1 aromatic heterocycles. The van der Waals surface area contributed by atoms with E-state index < -0.39 is 15.8 Å². The third-order valence-corrected chi connectivity index (χ3v) is 3.86. The van der Waals surface area contributed by atoms with Crippen LogP contribution >= 0.6 is 0 Å². The number of carbonyl (C=O) groups excluding carboxylic acids is 1. The Kier molecular flexibility index (Phi) is 4.67. The molecule has 9 heteroatoms. The molecule has 0 aliphatic heterocycles. The fourth-order valence-electron chi connectivity index (χ4n) is 2.45. The lowest BCUT2D eigenvalue weighted by molar-refractivity contribution is -0.385. The summed E-state index contributed by atoms with van der Waals surface area (Å²) < 4.78 is 5.52. The van der Waals surface area contributed by atoms with E-state index in [1.165, 1.54) is 48.5 Å². The third-order valence-electron chi connectivity index (χ3n) is 3.86. The maximum absolute atomic E-state index is 12.3. The van der Waals surface area contributed by atoms with Crippen LogP contribution < -0.4 is 5.32 Å². The summed E-state index contributed by atoms with van der Waals surface area (Å²) in [6.07, 6.45) is 0. The van der Waals surface area contributed by atoms with Crippen molar-refractivity contribution in [2.75, 3.05) is 5.32 Å². The summed E-state index contributed by atoms with van der Waals surface area (Å²) in [5, 5.41) is 24.1. The van der Waals surface area contributed by atoms with Crippen molar-refractivity contribution in [1.82, 2.24) is 0 Å². The van der Waals surface area contributed by atoms with Crippen molar-refractivity contribution in [3.63, 3.8) is 0 Å². The maximum Gasteiger partial charge on any atom is 0.291 e. The molecule has 9 nitrogen and oxygen atoms in total. The van der Waals surface area contributed by atoms with E-state index in [0.717, 1.165) is 0 Å². The van der Waals surface area contributed by atoms with Gasteiger partial charge >= 0.3 is 0 Å². The number of amides is 1. The highest BCUT2D eigenvalue weighted by atomic mass is 16.6. The van der Waals surface area contributed by atoms with E-state index in [0.29, 0.717) is 22.6 Å². The van der Waals surface area contributed by atoms with Gasteiger partial charge < -0.3 is 9.73 Å². The number of anilines is 1. The Morgan fingerprint density at radius 2 is 1.56 bits per heavy atom. The lowest BCUT2D eigenvalue weighted by Gasteiger charge is -2.06. The van der Waals surface area contributed by atoms with Gasteiger partial charge in [-0.15, -0.1) is 0 Å². The number of furan rings is 1. The Morgan fingerprint density at radius 1 is 0.926 bits per heavy atom. The van der Waals surface area contributed by atoms with E-state index in [4.69, 9.17) is 4.42 Å². The minimum absolute atomic E-state index is 0.0427. The fraction of sp³-hybridized carbons (Fsp3) is 0.0556. The van der Waals surface area contributed by atoms with Crippen LogP contribution in [-0.4, -0.2) is 15.8 Å². The molecule has 0 aliphatic rings. The number of hydrogen-bond acceptors (Lipinski definition) is 6. The average Bonchev–Trinajstić information content (AvgIpc) is 3.13. The highest BCUT2D eigenvalue weighted by Gasteiger charge is 2.15. The molecular weight excluding hydrogens is 354 g/mol. The molecule has 0 saturated heterocycles. The number of non-ortho nitro benzene ring substituents is 2. The molecule has 3 rings (SSSR count). The summed E-state index contributed by atoms with van der Waals surface area (Å²) in [5.41, 5.74) is 1.45. The monoisotopic (exact) mass is 367 g/mol. The molecule has 27 heavy (non-hydrogen) atoms. The predicted molar refractivity (Wildman–Crippen MR) is 96.6 cm³/mol. The van der Waals surface area contributed by atoms with E-state index in [1.54, 1.807) is 13.0 Å². The summed E-state index contributed by atoms with van der Waals surface area (Å²) >= 11 is 0. The smallest absolute Gasteiger partial charge is 0.291 e. The number of rotatable bonds is 5. The molecule has 2 aromatic carbocycles. The van der Waals surface area contributed by atoms with Gasteiger partial charge in [0.15, 0.2) is 5.76 Å². The Hall–Kier alpha value is -4.01. The topological polar surface area (TPSA) is 129 Å². The number of carbonyl (C=O) groups is 1. The Balaban J connectivity index is 1.77. The standard InChI is InChI=1S/C18H13N3O6/c1-11-10-14(21(25)26)6-7-15(11)19-18(22)17-9-8-16(27-17)12-2-4-13(5-3-12)20(23)24/h2-10H,1H3,(H,19,22). The van der Waals surface area contributed by atoms with Gasteiger partial charge in [0.1, 0.15) is 5.76 Å². The number of nitrogens with zero attached hydrogens (tertiary/aromatic N) is 2. The van der Waals surface area contributed by atoms with Crippen LogP contribution in [0.2, 0.25) is 0 Å². The minimum Gasteiger partial charge on any atom is -0.451 e. The Morgan fingerprint density at radius 3 is 2.15 bits per heavy atom. The van der Waals surface area contributed by atoms with Gasteiger partial charge in [-0.25, -0.2) is 0 Å². The van der Waals surface area contributed by atoms with Crippen molar-refractivity contribution in [3.8, 4) is 11.3 Å². The van der Waals surface area contributed by atoms with E-state index in [-0.39, 0.29) is 17.1 Å². The normalized spacial score (nSPS) is 10.4. The van der Waals surface area contributed by atoms with E-state index in [2.05, 4.69) is 5.32 Å². The highest BCUT2D eigenvalue weighted by molar-refractivity contribution is 6.03. The molecule has 0 bridgehead atoms. The first kappa shape index (κ1) is 17.8. The van der Waals surface area contributed by atoms with Crippen LogP contribution in [0.1, 0.15) is 16.1 Å². The maximum atomic E-state index is 12.3. The number of benzene rings is 2. The SMILES string of the molecule is Cc1cc([N+](=O)[O-])ccc1NC(=O)c1ccc(-c2ccc([N+](=O)[O-])cc2)o1. The first-order valence-corrected chi connectivity index (χ1v) is 7.76. The van der Waals surface area contributed by atoms with Crippen molar-refractivity contribution in [3.05, 3.63) is 86.1 Å². The number of nitrogens with one attached hydrogen (secondary N) is 1. The van der Waals surface area contributed by atoms with Gasteiger partial charge in [0, 0.05) is 35.5 Å². The van der Waals surface area contributed by atoms with Gasteiger partial charge in [-0.05, 0) is 42.8 Å². The second kappa shape index (κ2) is 7.08. The molecular formula is C18H13N3O6. The van der Waals surface area contributed by atoms with E-state index in [9.17, 15) is 25.0 Å². The van der Waals surface area contributed by atoms with Crippen LogP contribution in [0.25, 0.3) is 11.3 Å². The van der Waals surface area contributed by atoms with Crippen molar-refractivity contribution in [2.24, 2.45) is 0 Å². The van der Waals surface area contributed by atoms with Gasteiger partial charge in [-0.3, -0.25) is 25.0 Å². The van der Waals surface area contributed by atoms with E-state index >= 15 is 0 Å². The number of aryl methyl sites for hydroxylation is 1. The summed E-state index contributed by atoms with van der Waals surface area (Å²) in [5.74, 6) is -0.0864. The molecule has 136 valence electrons. The predicted octanol–water partition coefficient (Wildman–Crippen LogP) is 4.32. The van der Waals surface area contributed by atoms with Crippen LogP contribution in [0, 0.1) is 27.2 Å². The van der Waals surface area contributed by atoms with Crippen LogP contribution in [0.3, 0.4) is 0 Å². The molecule has 1 amide bonds. The first-order chi connectivity index (χ1) is 12.8. The second-order valence-electron chi connectivity index (χ2n) is 5.68. The van der Waals surface area contributed by atoms with Crippen molar-refractivity contribution >= 4 is 23.0 Å². The van der Waals surface area contributed by atoms with Crippen molar-refractivity contribution in [1.29, 1.82) is 0 Å². The summed E-state index contributed by atoms with van der Waals surface area (Å²) in [4.78, 5) is 32.8. The zero-order valence-electron chi connectivity index (χ0n) is 14.0. The average molecular weight is 367 g/mol. The van der Waals surface area contributed by atoms with Crippen molar-refractivity contribution in [2.45, 2.75) is 6.92 Å². The quantitative estimate of drug-likeness (QED) is 0.528. The Labute approximate surface area is 152 Å². The van der Waals surface area contributed by atoms with Crippen molar-refractivity contribution < 1.29 is 19.1 Å². The lowest BCUT2D eigenvalue weighted by Crippen LogP contribution is -2.11. The van der Waals surface area contributed by atoms with Crippen LogP contribution in [0.5, 0.6) is 0 Å². The zero-order chi connectivity index (χ0) is 19.6. The van der Waals surface area contributed by atoms with Crippen LogP contribution in [0.4, 0.5) is 17.1 Å². The van der Waals surface area contributed by atoms with E-state index in [1.807, 2.05) is 0 Å². The van der Waals surface area contributed by atoms with Gasteiger partial charge in [0.05, 0.1) is 9.85 Å². The van der Waals surface area contributed by atoms with Gasteiger partial charge in [0.25, 0.3) is 17.3 Å². The molecule has 0 spiro atoms. The summed E-state index contributed by atoms with van der Waals surface area (Å²) in [6, 6.07) is 12.9.